The molecule has 4 N–H and O–H groups in total. The van der Waals surface area contributed by atoms with Crippen LogP contribution in [0.3, 0.4) is 0 Å². The number of amides is 1. The number of aliphatic hydroxyl groups excluding tert-OH is 1. The standard InChI is InChI=1S/C25H44N2O5/c1-6-7-9-25(29)27-17-22(28)21(26)16-20(18(2)3)14-19-10-11-23(31-5)24(15-19)32-13-8-12-30-4/h10-11,15,18,20-22,28H,6-9,12-14,16-17,26H2,1-5H3,(H,27,29)/t20-,21-,22-/m0/s1. The Bertz CT molecular complexity index is 653. The van der Waals surface area contributed by atoms with Crippen molar-refractivity contribution in [3.8, 4) is 11.5 Å². The van der Waals surface area contributed by atoms with E-state index in [1.165, 1.54) is 0 Å². The molecule has 0 aliphatic carbocycles. The van der Waals surface area contributed by atoms with Crippen molar-refractivity contribution in [1.82, 2.24) is 5.32 Å². The van der Waals surface area contributed by atoms with Gasteiger partial charge in [-0.05, 0) is 48.8 Å². The third-order valence-electron chi connectivity index (χ3n) is 5.75. The number of nitrogens with two attached hydrogens (primary N) is 1. The van der Waals surface area contributed by atoms with Crippen molar-refractivity contribution in [1.29, 1.82) is 0 Å². The van der Waals surface area contributed by atoms with E-state index in [-0.39, 0.29) is 18.4 Å². The van der Waals surface area contributed by atoms with Crippen LogP contribution in [-0.4, -0.2) is 57.1 Å². The second-order valence-electron chi connectivity index (χ2n) is 8.76. The first-order valence-electron chi connectivity index (χ1n) is 11.8. The van der Waals surface area contributed by atoms with Gasteiger partial charge in [-0.3, -0.25) is 4.79 Å². The Hall–Kier alpha value is -1.83. The molecule has 0 heterocycles. The van der Waals surface area contributed by atoms with Gasteiger partial charge < -0.3 is 30.4 Å². The van der Waals surface area contributed by atoms with Crippen LogP contribution >= 0.6 is 0 Å². The monoisotopic (exact) mass is 452 g/mol. The largest absolute Gasteiger partial charge is 0.493 e. The Morgan fingerprint density at radius 3 is 2.53 bits per heavy atom. The van der Waals surface area contributed by atoms with Crippen LogP contribution in [0.15, 0.2) is 18.2 Å². The van der Waals surface area contributed by atoms with Gasteiger partial charge in [0.2, 0.25) is 5.91 Å². The molecule has 0 fully saturated rings. The number of aliphatic hydroxyl groups is 1. The van der Waals surface area contributed by atoms with Gasteiger partial charge in [-0.15, -0.1) is 0 Å². The first-order valence-corrected chi connectivity index (χ1v) is 11.8. The van der Waals surface area contributed by atoms with E-state index in [0.29, 0.717) is 37.7 Å². The van der Waals surface area contributed by atoms with Crippen LogP contribution in [0, 0.1) is 11.8 Å². The zero-order valence-corrected chi connectivity index (χ0v) is 20.6. The Kier molecular flexibility index (Phi) is 14.0. The lowest BCUT2D eigenvalue weighted by molar-refractivity contribution is -0.121. The van der Waals surface area contributed by atoms with Gasteiger partial charge in [-0.2, -0.15) is 0 Å². The minimum Gasteiger partial charge on any atom is -0.493 e. The summed E-state index contributed by atoms with van der Waals surface area (Å²) in [6, 6.07) is 5.60. The lowest BCUT2D eigenvalue weighted by Gasteiger charge is -2.27. The van der Waals surface area contributed by atoms with E-state index >= 15 is 0 Å². The van der Waals surface area contributed by atoms with Crippen LogP contribution in [0.4, 0.5) is 0 Å². The molecule has 0 radical (unpaired) electrons. The van der Waals surface area contributed by atoms with Crippen molar-refractivity contribution in [2.24, 2.45) is 17.6 Å². The number of benzene rings is 1. The third-order valence-corrected chi connectivity index (χ3v) is 5.75. The zero-order valence-electron chi connectivity index (χ0n) is 20.6. The molecule has 1 aromatic carbocycles. The lowest BCUT2D eigenvalue weighted by Crippen LogP contribution is -2.44. The molecule has 3 atom stereocenters. The van der Waals surface area contributed by atoms with Gasteiger partial charge in [0.15, 0.2) is 11.5 Å². The van der Waals surface area contributed by atoms with Crippen LogP contribution < -0.4 is 20.5 Å². The number of ether oxygens (including phenoxy) is 3. The van der Waals surface area contributed by atoms with E-state index in [2.05, 4.69) is 19.2 Å². The Balaban J connectivity index is 2.70. The predicted molar refractivity (Wildman–Crippen MR) is 128 cm³/mol. The van der Waals surface area contributed by atoms with Gasteiger partial charge in [0.05, 0.1) is 19.8 Å². The highest BCUT2D eigenvalue weighted by atomic mass is 16.5. The fraction of sp³-hybridized carbons (Fsp3) is 0.720. The van der Waals surface area contributed by atoms with Gasteiger partial charge in [0.25, 0.3) is 0 Å². The van der Waals surface area contributed by atoms with Crippen LogP contribution in [0.25, 0.3) is 0 Å². The topological polar surface area (TPSA) is 103 Å². The molecule has 0 bridgehead atoms. The molecule has 0 spiro atoms. The molecule has 0 saturated carbocycles. The van der Waals surface area contributed by atoms with Crippen LogP contribution in [0.2, 0.25) is 0 Å². The van der Waals surface area contributed by atoms with Crippen molar-refractivity contribution in [2.45, 2.75) is 71.4 Å². The van der Waals surface area contributed by atoms with E-state index in [1.54, 1.807) is 14.2 Å². The number of hydrogen-bond donors (Lipinski definition) is 3. The maximum Gasteiger partial charge on any atom is 0.220 e. The number of hydrogen-bond acceptors (Lipinski definition) is 6. The summed E-state index contributed by atoms with van der Waals surface area (Å²) in [6.45, 7) is 7.78. The summed E-state index contributed by atoms with van der Waals surface area (Å²) in [5.74, 6) is 2.07. The Morgan fingerprint density at radius 2 is 1.91 bits per heavy atom. The fourth-order valence-electron chi connectivity index (χ4n) is 3.54. The summed E-state index contributed by atoms with van der Waals surface area (Å²) in [4.78, 5) is 11.8. The van der Waals surface area contributed by atoms with Crippen LogP contribution in [0.5, 0.6) is 11.5 Å². The van der Waals surface area contributed by atoms with Crippen molar-refractivity contribution < 1.29 is 24.1 Å². The number of rotatable bonds is 17. The summed E-state index contributed by atoms with van der Waals surface area (Å²) in [7, 11) is 3.31. The smallest absolute Gasteiger partial charge is 0.220 e. The molecule has 7 heteroatoms. The summed E-state index contributed by atoms with van der Waals surface area (Å²) in [5, 5.41) is 13.2. The molecule has 32 heavy (non-hydrogen) atoms. The number of methoxy groups -OCH3 is 2. The highest BCUT2D eigenvalue weighted by Gasteiger charge is 2.23. The van der Waals surface area contributed by atoms with Crippen molar-refractivity contribution in [3.05, 3.63) is 23.8 Å². The highest BCUT2D eigenvalue weighted by molar-refractivity contribution is 5.75. The number of carbonyl (C=O) groups excluding carboxylic acids is 1. The second kappa shape index (κ2) is 15.9. The Morgan fingerprint density at radius 1 is 1.16 bits per heavy atom. The molecule has 184 valence electrons. The quantitative estimate of drug-likeness (QED) is 0.313. The molecule has 0 aromatic heterocycles. The first-order chi connectivity index (χ1) is 15.3. The number of carbonyl (C=O) groups is 1. The van der Waals surface area contributed by atoms with E-state index in [4.69, 9.17) is 19.9 Å². The molecular weight excluding hydrogens is 408 g/mol. The Labute approximate surface area is 194 Å². The van der Waals surface area contributed by atoms with Gasteiger partial charge in [0.1, 0.15) is 0 Å². The van der Waals surface area contributed by atoms with E-state index in [9.17, 15) is 9.90 Å². The maximum atomic E-state index is 11.8. The van der Waals surface area contributed by atoms with Crippen molar-refractivity contribution >= 4 is 5.91 Å². The lowest BCUT2D eigenvalue weighted by atomic mass is 9.83. The maximum absolute atomic E-state index is 11.8. The minimum absolute atomic E-state index is 0.0326. The fourth-order valence-corrected chi connectivity index (χ4v) is 3.54. The van der Waals surface area contributed by atoms with Gasteiger partial charge in [0, 0.05) is 39.1 Å². The van der Waals surface area contributed by atoms with Crippen molar-refractivity contribution in [2.75, 3.05) is 34.0 Å². The summed E-state index contributed by atoms with van der Waals surface area (Å²) >= 11 is 0. The average molecular weight is 453 g/mol. The number of nitrogens with one attached hydrogen (secondary N) is 1. The summed E-state index contributed by atoms with van der Waals surface area (Å²) < 4.78 is 16.4. The molecule has 1 rings (SSSR count). The van der Waals surface area contributed by atoms with E-state index < -0.39 is 12.1 Å². The third kappa shape index (κ3) is 10.7. The van der Waals surface area contributed by atoms with Gasteiger partial charge in [-0.25, -0.2) is 0 Å². The molecule has 7 nitrogen and oxygen atoms in total. The molecular formula is C25H44N2O5. The van der Waals surface area contributed by atoms with Crippen LogP contribution in [0.1, 0.15) is 58.4 Å². The summed E-state index contributed by atoms with van der Waals surface area (Å²) in [6.07, 6.45) is 3.83. The minimum atomic E-state index is -0.766. The second-order valence-corrected chi connectivity index (χ2v) is 8.76. The van der Waals surface area contributed by atoms with Gasteiger partial charge >= 0.3 is 0 Å². The molecule has 0 saturated heterocycles. The van der Waals surface area contributed by atoms with Crippen LogP contribution in [-0.2, 0) is 16.0 Å². The number of unbranched alkanes of at least 4 members (excludes halogenated alkanes) is 1. The van der Waals surface area contributed by atoms with Crippen molar-refractivity contribution in [3.63, 3.8) is 0 Å². The summed E-state index contributed by atoms with van der Waals surface area (Å²) in [5.41, 5.74) is 7.45. The normalized spacial score (nSPS) is 14.1. The average Bonchev–Trinajstić information content (AvgIpc) is 2.78. The molecule has 1 amide bonds. The molecule has 0 unspecified atom stereocenters. The molecule has 0 aliphatic heterocycles. The molecule has 1 aromatic rings. The van der Waals surface area contributed by atoms with E-state index in [1.807, 2.05) is 25.1 Å². The van der Waals surface area contributed by atoms with E-state index in [0.717, 1.165) is 37.0 Å². The zero-order chi connectivity index (χ0) is 23.9. The molecule has 0 aliphatic rings. The SMILES string of the molecule is CCCCC(=O)NC[C@H](O)[C@@H](N)C[C@H](Cc1ccc(OC)c(OCCCOC)c1)C(C)C. The highest BCUT2D eigenvalue weighted by Crippen LogP contribution is 2.31. The van der Waals surface area contributed by atoms with Gasteiger partial charge in [-0.1, -0.05) is 33.3 Å². The first kappa shape index (κ1) is 28.2. The predicted octanol–water partition coefficient (Wildman–Crippen LogP) is 3.31.